The van der Waals surface area contributed by atoms with E-state index < -0.39 is 0 Å². The van der Waals surface area contributed by atoms with Gasteiger partial charge in [-0.1, -0.05) is 105 Å². The quantitative estimate of drug-likeness (QED) is 0.237. The number of rotatable bonds is 19. The van der Waals surface area contributed by atoms with E-state index in [1.807, 2.05) is 0 Å². The van der Waals surface area contributed by atoms with Gasteiger partial charge in [0.25, 0.3) is 0 Å². The van der Waals surface area contributed by atoms with E-state index in [0.29, 0.717) is 0 Å². The molecule has 0 aromatic heterocycles. The molecule has 1 N–H and O–H groups in total. The molecule has 0 bridgehead atoms. The summed E-state index contributed by atoms with van der Waals surface area (Å²) in [6.07, 6.45) is 21.3. The smallest absolute Gasteiger partial charge is 0.00206 e. The van der Waals surface area contributed by atoms with Crippen molar-refractivity contribution in [2.75, 3.05) is 13.1 Å². The maximum absolute atomic E-state index is 3.74. The molecule has 24 heavy (non-hydrogen) atoms. The highest BCUT2D eigenvalue weighted by Gasteiger charge is 2.09. The summed E-state index contributed by atoms with van der Waals surface area (Å²) in [5.74, 6) is 1.90. The average molecular weight is 340 g/mol. The van der Waals surface area contributed by atoms with E-state index in [1.165, 1.54) is 109 Å². The minimum atomic E-state index is 0.902. The third-order valence-corrected chi connectivity index (χ3v) is 5.62. The van der Waals surface area contributed by atoms with Gasteiger partial charge in [0.05, 0.1) is 0 Å². The number of hydrogen-bond donors (Lipinski definition) is 1. The first-order valence-corrected chi connectivity index (χ1v) is 11.5. The monoisotopic (exact) mass is 339 g/mol. The molecule has 0 radical (unpaired) electrons. The van der Waals surface area contributed by atoms with Crippen LogP contribution in [0.2, 0.25) is 0 Å². The highest BCUT2D eigenvalue weighted by atomic mass is 14.8. The molecule has 0 heterocycles. The molecule has 0 aromatic rings. The lowest BCUT2D eigenvalue weighted by Crippen LogP contribution is -2.24. The highest BCUT2D eigenvalue weighted by Crippen LogP contribution is 2.22. The van der Waals surface area contributed by atoms with Gasteiger partial charge < -0.3 is 5.32 Å². The molecule has 1 heteroatoms. The second-order valence-corrected chi connectivity index (χ2v) is 7.97. The van der Waals surface area contributed by atoms with Crippen LogP contribution in [0.1, 0.15) is 124 Å². The van der Waals surface area contributed by atoms with E-state index in [4.69, 9.17) is 0 Å². The summed E-state index contributed by atoms with van der Waals surface area (Å²) in [5, 5.41) is 3.74. The van der Waals surface area contributed by atoms with E-state index in [0.717, 1.165) is 11.8 Å². The third-order valence-electron chi connectivity index (χ3n) is 5.62. The van der Waals surface area contributed by atoms with Crippen LogP contribution in [0.25, 0.3) is 0 Å². The normalized spacial score (nSPS) is 14.0. The maximum atomic E-state index is 3.74. The molecule has 2 unspecified atom stereocenters. The zero-order chi connectivity index (χ0) is 17.9. The van der Waals surface area contributed by atoms with Gasteiger partial charge in [0.2, 0.25) is 0 Å². The van der Waals surface area contributed by atoms with Crippen LogP contribution < -0.4 is 5.32 Å². The van der Waals surface area contributed by atoms with Crippen molar-refractivity contribution in [3.05, 3.63) is 0 Å². The Morgan fingerprint density at radius 3 is 1.71 bits per heavy atom. The van der Waals surface area contributed by atoms with Crippen LogP contribution in [0.3, 0.4) is 0 Å². The zero-order valence-electron chi connectivity index (χ0n) is 17.7. The molecule has 0 aliphatic rings. The minimum absolute atomic E-state index is 0.902. The summed E-state index contributed by atoms with van der Waals surface area (Å²) in [5.41, 5.74) is 0. The van der Waals surface area contributed by atoms with Gasteiger partial charge in [-0.15, -0.1) is 0 Å². The standard InChI is InChI=1S/C23H49N/c1-5-9-12-13-14-18-23(17-11-7-3)19-15-20-24-21-22(8-4)16-10-6-2/h22-24H,5-21H2,1-4H3. The van der Waals surface area contributed by atoms with Gasteiger partial charge in [0, 0.05) is 0 Å². The van der Waals surface area contributed by atoms with Gasteiger partial charge in [0.1, 0.15) is 0 Å². The van der Waals surface area contributed by atoms with Crippen molar-refractivity contribution in [3.8, 4) is 0 Å². The zero-order valence-corrected chi connectivity index (χ0v) is 17.7. The molecular weight excluding hydrogens is 290 g/mol. The fraction of sp³-hybridized carbons (Fsp3) is 1.00. The summed E-state index contributed by atoms with van der Waals surface area (Å²) < 4.78 is 0. The Balaban J connectivity index is 3.75. The van der Waals surface area contributed by atoms with Gasteiger partial charge in [-0.25, -0.2) is 0 Å². The van der Waals surface area contributed by atoms with Crippen LogP contribution in [0.5, 0.6) is 0 Å². The van der Waals surface area contributed by atoms with Crippen molar-refractivity contribution >= 4 is 0 Å². The van der Waals surface area contributed by atoms with Crippen LogP contribution in [-0.4, -0.2) is 13.1 Å². The highest BCUT2D eigenvalue weighted by molar-refractivity contribution is 4.64. The average Bonchev–Trinajstić information content (AvgIpc) is 2.60. The predicted molar refractivity (Wildman–Crippen MR) is 112 cm³/mol. The molecule has 0 saturated carbocycles. The Hall–Kier alpha value is -0.0400. The van der Waals surface area contributed by atoms with E-state index in [-0.39, 0.29) is 0 Å². The Kier molecular flexibility index (Phi) is 19.3. The van der Waals surface area contributed by atoms with Crippen molar-refractivity contribution in [3.63, 3.8) is 0 Å². The Labute approximate surface area is 154 Å². The van der Waals surface area contributed by atoms with Gasteiger partial charge in [-0.05, 0) is 44.2 Å². The summed E-state index contributed by atoms with van der Waals surface area (Å²) in [6, 6.07) is 0. The van der Waals surface area contributed by atoms with E-state index in [2.05, 4.69) is 33.0 Å². The molecule has 0 aromatic carbocycles. The van der Waals surface area contributed by atoms with E-state index in [1.54, 1.807) is 0 Å². The first-order chi connectivity index (χ1) is 11.8. The van der Waals surface area contributed by atoms with E-state index >= 15 is 0 Å². The van der Waals surface area contributed by atoms with Crippen LogP contribution in [0.15, 0.2) is 0 Å². The lowest BCUT2D eigenvalue weighted by molar-refractivity contribution is 0.366. The van der Waals surface area contributed by atoms with Gasteiger partial charge in [0.15, 0.2) is 0 Å². The van der Waals surface area contributed by atoms with Crippen LogP contribution >= 0.6 is 0 Å². The third kappa shape index (κ3) is 15.5. The molecule has 0 amide bonds. The lowest BCUT2D eigenvalue weighted by atomic mass is 9.91. The van der Waals surface area contributed by atoms with Crippen LogP contribution in [0.4, 0.5) is 0 Å². The fourth-order valence-corrected chi connectivity index (χ4v) is 3.73. The molecule has 0 aliphatic carbocycles. The fourth-order valence-electron chi connectivity index (χ4n) is 3.73. The second-order valence-electron chi connectivity index (χ2n) is 7.97. The molecule has 146 valence electrons. The Morgan fingerprint density at radius 1 is 0.542 bits per heavy atom. The number of hydrogen-bond acceptors (Lipinski definition) is 1. The lowest BCUT2D eigenvalue weighted by Gasteiger charge is -2.18. The number of nitrogens with one attached hydrogen (secondary N) is 1. The van der Waals surface area contributed by atoms with Crippen molar-refractivity contribution in [1.82, 2.24) is 5.32 Å². The maximum Gasteiger partial charge on any atom is -0.00206 e. The van der Waals surface area contributed by atoms with Crippen molar-refractivity contribution in [1.29, 1.82) is 0 Å². The number of unbranched alkanes of at least 4 members (excludes halogenated alkanes) is 6. The van der Waals surface area contributed by atoms with Crippen molar-refractivity contribution in [2.45, 2.75) is 124 Å². The van der Waals surface area contributed by atoms with Gasteiger partial charge in [-0.2, -0.15) is 0 Å². The van der Waals surface area contributed by atoms with Gasteiger partial charge in [-0.3, -0.25) is 0 Å². The second kappa shape index (κ2) is 19.3. The molecule has 0 aliphatic heterocycles. The largest absolute Gasteiger partial charge is 0.316 e. The molecule has 0 spiro atoms. The topological polar surface area (TPSA) is 12.0 Å². The summed E-state index contributed by atoms with van der Waals surface area (Å²) >= 11 is 0. The first-order valence-electron chi connectivity index (χ1n) is 11.5. The molecule has 0 saturated heterocycles. The molecule has 2 atom stereocenters. The molecular formula is C23H49N. The molecule has 0 fully saturated rings. The van der Waals surface area contributed by atoms with Gasteiger partial charge >= 0.3 is 0 Å². The first kappa shape index (κ1) is 24.0. The van der Waals surface area contributed by atoms with Crippen molar-refractivity contribution in [2.24, 2.45) is 11.8 Å². The van der Waals surface area contributed by atoms with Crippen molar-refractivity contribution < 1.29 is 0 Å². The molecule has 1 nitrogen and oxygen atoms in total. The van der Waals surface area contributed by atoms with E-state index in [9.17, 15) is 0 Å². The van der Waals surface area contributed by atoms with Crippen LogP contribution in [0, 0.1) is 11.8 Å². The SMILES string of the molecule is CCCCCCCC(CCCC)CCCNCC(CC)CCCC. The minimum Gasteiger partial charge on any atom is -0.316 e. The molecule has 0 rings (SSSR count). The Morgan fingerprint density at radius 2 is 1.08 bits per heavy atom. The Bertz CT molecular complexity index is 226. The van der Waals surface area contributed by atoms with Crippen LogP contribution in [-0.2, 0) is 0 Å². The predicted octanol–water partition coefficient (Wildman–Crippen LogP) is 7.74. The summed E-state index contributed by atoms with van der Waals surface area (Å²) in [7, 11) is 0. The summed E-state index contributed by atoms with van der Waals surface area (Å²) in [6.45, 7) is 11.8. The summed E-state index contributed by atoms with van der Waals surface area (Å²) in [4.78, 5) is 0.